The van der Waals surface area contributed by atoms with Gasteiger partial charge in [0.1, 0.15) is 5.75 Å². The fourth-order valence-electron chi connectivity index (χ4n) is 1.53. The van der Waals surface area contributed by atoms with Crippen molar-refractivity contribution in [2.45, 2.75) is 6.92 Å². The zero-order valence-electron chi connectivity index (χ0n) is 9.91. The Bertz CT molecular complexity index is 641. The lowest BCUT2D eigenvalue weighted by atomic mass is 10.1. The van der Waals surface area contributed by atoms with Crippen molar-refractivity contribution in [2.75, 3.05) is 0 Å². The van der Waals surface area contributed by atoms with Gasteiger partial charge >= 0.3 is 0 Å². The van der Waals surface area contributed by atoms with Gasteiger partial charge in [-0.1, -0.05) is 6.07 Å². The molecule has 0 aromatic heterocycles. The summed E-state index contributed by atoms with van der Waals surface area (Å²) in [5.41, 5.74) is 0.493. The second-order valence-corrected chi connectivity index (χ2v) is 4.71. The molecule has 5 heteroatoms. The Hall–Kier alpha value is -1.75. The van der Waals surface area contributed by atoms with Crippen molar-refractivity contribution < 1.29 is 18.3 Å². The summed E-state index contributed by atoms with van der Waals surface area (Å²) in [6, 6.07) is 8.29. The first-order valence-electron chi connectivity index (χ1n) is 5.41. The Morgan fingerprint density at radius 1 is 1.21 bits per heavy atom. The van der Waals surface area contributed by atoms with Gasteiger partial charge in [0.05, 0.1) is 0 Å². The van der Waals surface area contributed by atoms with Crippen LogP contribution in [0.2, 0.25) is 0 Å². The van der Waals surface area contributed by atoms with Crippen LogP contribution in [0.3, 0.4) is 0 Å². The Morgan fingerprint density at radius 2 is 1.95 bits per heavy atom. The molecule has 98 valence electrons. The Balaban J connectivity index is 2.32. The van der Waals surface area contributed by atoms with Crippen LogP contribution in [0.15, 0.2) is 40.9 Å². The molecule has 0 bridgehead atoms. The van der Waals surface area contributed by atoms with Gasteiger partial charge in [-0.2, -0.15) is 4.39 Å². The fraction of sp³-hybridized carbons (Fsp3) is 0.0714. The topological polar surface area (TPSA) is 26.3 Å². The highest BCUT2D eigenvalue weighted by Crippen LogP contribution is 2.29. The van der Waals surface area contributed by atoms with Crippen molar-refractivity contribution in [3.05, 3.63) is 58.1 Å². The zero-order chi connectivity index (χ0) is 14.0. The molecule has 0 aliphatic heterocycles. The summed E-state index contributed by atoms with van der Waals surface area (Å²) in [7, 11) is 0. The van der Waals surface area contributed by atoms with Crippen molar-refractivity contribution in [2.24, 2.45) is 0 Å². The largest absolute Gasteiger partial charge is 0.454 e. The monoisotopic (exact) mass is 326 g/mol. The molecule has 2 aromatic rings. The third-order valence-electron chi connectivity index (χ3n) is 2.46. The van der Waals surface area contributed by atoms with E-state index in [1.807, 2.05) is 0 Å². The molecule has 2 aromatic carbocycles. The first kappa shape index (κ1) is 13.7. The summed E-state index contributed by atoms with van der Waals surface area (Å²) >= 11 is 3.23. The van der Waals surface area contributed by atoms with E-state index in [2.05, 4.69) is 15.9 Å². The van der Waals surface area contributed by atoms with Crippen molar-refractivity contribution >= 4 is 21.7 Å². The van der Waals surface area contributed by atoms with Crippen LogP contribution in [0.4, 0.5) is 8.78 Å². The summed E-state index contributed by atoms with van der Waals surface area (Å²) in [5, 5.41) is 0. The molecule has 0 saturated carbocycles. The van der Waals surface area contributed by atoms with E-state index in [0.717, 1.165) is 6.07 Å². The van der Waals surface area contributed by atoms with E-state index < -0.39 is 11.6 Å². The minimum absolute atomic E-state index is 0.102. The van der Waals surface area contributed by atoms with Crippen LogP contribution in [-0.4, -0.2) is 5.78 Å². The number of hydrogen-bond acceptors (Lipinski definition) is 2. The van der Waals surface area contributed by atoms with Crippen LogP contribution in [0.25, 0.3) is 0 Å². The molecule has 0 amide bonds. The van der Waals surface area contributed by atoms with Gasteiger partial charge in [0.2, 0.25) is 5.82 Å². The molecule has 0 radical (unpaired) electrons. The number of hydrogen-bond donors (Lipinski definition) is 0. The van der Waals surface area contributed by atoms with Gasteiger partial charge in [-0.15, -0.1) is 0 Å². The second kappa shape index (κ2) is 5.48. The number of benzene rings is 2. The van der Waals surface area contributed by atoms with Crippen LogP contribution < -0.4 is 4.74 Å². The SMILES string of the molecule is CC(=O)c1ccc(Oc2cccc(F)c2F)cc1Br. The predicted octanol–water partition coefficient (Wildman–Crippen LogP) is 4.72. The van der Waals surface area contributed by atoms with Gasteiger partial charge in [-0.25, -0.2) is 4.39 Å². The normalized spacial score (nSPS) is 10.3. The predicted molar refractivity (Wildman–Crippen MR) is 70.6 cm³/mol. The molecule has 0 spiro atoms. The Labute approximate surface area is 117 Å². The minimum Gasteiger partial charge on any atom is -0.454 e. The third kappa shape index (κ3) is 2.98. The Kier molecular flexibility index (Phi) is 3.95. The summed E-state index contributed by atoms with van der Waals surface area (Å²) in [6.45, 7) is 1.44. The van der Waals surface area contributed by atoms with Crippen LogP contribution in [0.1, 0.15) is 17.3 Å². The fourth-order valence-corrected chi connectivity index (χ4v) is 2.17. The van der Waals surface area contributed by atoms with E-state index in [4.69, 9.17) is 4.74 Å². The maximum atomic E-state index is 13.4. The molecule has 2 nitrogen and oxygen atoms in total. The molecule has 0 saturated heterocycles. The van der Waals surface area contributed by atoms with Gasteiger partial charge < -0.3 is 4.74 Å². The molecular formula is C14H9BrF2O2. The first-order valence-corrected chi connectivity index (χ1v) is 6.20. The van der Waals surface area contributed by atoms with Crippen molar-refractivity contribution in [1.29, 1.82) is 0 Å². The first-order chi connectivity index (χ1) is 8.99. The van der Waals surface area contributed by atoms with Crippen LogP contribution in [-0.2, 0) is 0 Å². The van der Waals surface area contributed by atoms with Gasteiger partial charge in [0.25, 0.3) is 0 Å². The van der Waals surface area contributed by atoms with Crippen LogP contribution in [0.5, 0.6) is 11.5 Å². The molecule has 0 heterocycles. The summed E-state index contributed by atoms with van der Waals surface area (Å²) in [4.78, 5) is 11.3. The number of ketones is 1. The number of rotatable bonds is 3. The second-order valence-electron chi connectivity index (χ2n) is 3.85. The molecular weight excluding hydrogens is 318 g/mol. The molecule has 0 fully saturated rings. The number of carbonyl (C=O) groups is 1. The molecule has 0 aliphatic carbocycles. The molecule has 0 unspecified atom stereocenters. The highest BCUT2D eigenvalue weighted by Gasteiger charge is 2.11. The van der Waals surface area contributed by atoms with E-state index in [1.165, 1.54) is 31.2 Å². The Morgan fingerprint density at radius 3 is 2.58 bits per heavy atom. The van der Waals surface area contributed by atoms with E-state index in [0.29, 0.717) is 15.8 Å². The molecule has 19 heavy (non-hydrogen) atoms. The van der Waals surface area contributed by atoms with Gasteiger partial charge in [-0.3, -0.25) is 4.79 Å². The van der Waals surface area contributed by atoms with E-state index in [9.17, 15) is 13.6 Å². The molecule has 2 rings (SSSR count). The van der Waals surface area contributed by atoms with Crippen LogP contribution >= 0.6 is 15.9 Å². The lowest BCUT2D eigenvalue weighted by molar-refractivity contribution is 0.101. The van der Waals surface area contributed by atoms with Gasteiger partial charge in [0.15, 0.2) is 17.3 Å². The smallest absolute Gasteiger partial charge is 0.201 e. The average molecular weight is 327 g/mol. The van der Waals surface area contributed by atoms with Gasteiger partial charge in [0, 0.05) is 10.0 Å². The van der Waals surface area contributed by atoms with Crippen molar-refractivity contribution in [3.8, 4) is 11.5 Å². The lowest BCUT2D eigenvalue weighted by Gasteiger charge is -2.08. The highest BCUT2D eigenvalue weighted by molar-refractivity contribution is 9.10. The molecule has 0 N–H and O–H groups in total. The van der Waals surface area contributed by atoms with Crippen molar-refractivity contribution in [1.82, 2.24) is 0 Å². The maximum Gasteiger partial charge on any atom is 0.201 e. The summed E-state index contributed by atoms with van der Waals surface area (Å²) in [5.74, 6) is -2.02. The standard InChI is InChI=1S/C14H9BrF2O2/c1-8(18)10-6-5-9(7-11(10)15)19-13-4-2-3-12(16)14(13)17/h2-7H,1H3. The average Bonchev–Trinajstić information content (AvgIpc) is 2.34. The zero-order valence-corrected chi connectivity index (χ0v) is 11.5. The van der Waals surface area contributed by atoms with Crippen molar-refractivity contribution in [3.63, 3.8) is 0 Å². The molecule has 0 atom stereocenters. The van der Waals surface area contributed by atoms with Crippen LogP contribution in [0, 0.1) is 11.6 Å². The number of Topliss-reactive ketones (excluding diaryl/α,β-unsaturated/α-hetero) is 1. The number of halogens is 3. The van der Waals surface area contributed by atoms with E-state index >= 15 is 0 Å². The lowest BCUT2D eigenvalue weighted by Crippen LogP contribution is -1.95. The summed E-state index contributed by atoms with van der Waals surface area (Å²) < 4.78 is 32.2. The maximum absolute atomic E-state index is 13.4. The summed E-state index contributed by atoms with van der Waals surface area (Å²) in [6.07, 6.45) is 0. The number of carbonyl (C=O) groups excluding carboxylic acids is 1. The van der Waals surface area contributed by atoms with Gasteiger partial charge in [-0.05, 0) is 53.2 Å². The third-order valence-corrected chi connectivity index (χ3v) is 3.12. The number of ether oxygens (including phenoxy) is 1. The van der Waals surface area contributed by atoms with E-state index in [1.54, 1.807) is 6.07 Å². The molecule has 0 aliphatic rings. The van der Waals surface area contributed by atoms with E-state index in [-0.39, 0.29) is 11.5 Å². The highest BCUT2D eigenvalue weighted by atomic mass is 79.9. The quantitative estimate of drug-likeness (QED) is 0.763. The minimum atomic E-state index is -1.05.